The van der Waals surface area contributed by atoms with E-state index in [4.69, 9.17) is 9.84 Å². The normalized spacial score (nSPS) is 12.3. The fraction of sp³-hybridized carbons (Fsp3) is 0.533. The first-order valence-corrected chi connectivity index (χ1v) is 6.66. The molecule has 0 saturated heterocycles. The Bertz CT molecular complexity index is 385. The molecule has 0 fully saturated rings. The topological polar surface area (TPSA) is 58.6 Å². The van der Waals surface area contributed by atoms with Crippen molar-refractivity contribution in [3.63, 3.8) is 0 Å². The van der Waals surface area contributed by atoms with Gasteiger partial charge in [-0.3, -0.25) is 4.79 Å². The molecule has 0 saturated carbocycles. The summed E-state index contributed by atoms with van der Waals surface area (Å²) in [6, 6.07) is 7.76. The number of carbonyl (C=O) groups excluding carboxylic acids is 1. The maximum Gasteiger partial charge on any atom is 0.257 e. The highest BCUT2D eigenvalue weighted by Gasteiger charge is 2.04. The van der Waals surface area contributed by atoms with Crippen LogP contribution in [-0.2, 0) is 4.79 Å². The van der Waals surface area contributed by atoms with Crippen molar-refractivity contribution in [1.82, 2.24) is 5.32 Å². The Balaban J connectivity index is 2.30. The number of benzene rings is 1. The van der Waals surface area contributed by atoms with Crippen LogP contribution in [0.4, 0.5) is 0 Å². The van der Waals surface area contributed by atoms with Crippen LogP contribution < -0.4 is 10.1 Å². The molecule has 4 heteroatoms. The van der Waals surface area contributed by atoms with E-state index in [-0.39, 0.29) is 12.5 Å². The van der Waals surface area contributed by atoms with E-state index in [0.29, 0.717) is 24.6 Å². The minimum atomic E-state index is -0.398. The first-order valence-electron chi connectivity index (χ1n) is 6.66. The average molecular weight is 265 g/mol. The number of hydrogen-bond donors (Lipinski definition) is 2. The number of amides is 1. The standard InChI is InChI=1S/C15H23NO3/c1-11(2)13-4-6-14(7-5-13)19-10-15(18)16-9-8-12(3)17/h4-7,11-12,17H,8-10H2,1-3H3,(H,16,18). The summed E-state index contributed by atoms with van der Waals surface area (Å²) in [7, 11) is 0. The highest BCUT2D eigenvalue weighted by molar-refractivity contribution is 5.77. The minimum Gasteiger partial charge on any atom is -0.484 e. The average Bonchev–Trinajstić information content (AvgIpc) is 2.36. The number of aliphatic hydroxyl groups excluding tert-OH is 1. The van der Waals surface area contributed by atoms with Gasteiger partial charge >= 0.3 is 0 Å². The summed E-state index contributed by atoms with van der Waals surface area (Å²) in [4.78, 5) is 11.5. The van der Waals surface area contributed by atoms with E-state index in [1.54, 1.807) is 6.92 Å². The number of hydrogen-bond acceptors (Lipinski definition) is 3. The summed E-state index contributed by atoms with van der Waals surface area (Å²) in [5, 5.41) is 11.8. The van der Waals surface area contributed by atoms with Crippen molar-refractivity contribution in [3.05, 3.63) is 29.8 Å². The van der Waals surface area contributed by atoms with Gasteiger partial charge in [-0.25, -0.2) is 0 Å². The van der Waals surface area contributed by atoms with Gasteiger partial charge in [0.15, 0.2) is 6.61 Å². The molecule has 0 aliphatic rings. The molecular weight excluding hydrogens is 242 g/mol. The quantitative estimate of drug-likeness (QED) is 0.793. The molecule has 1 rings (SSSR count). The van der Waals surface area contributed by atoms with Crippen LogP contribution >= 0.6 is 0 Å². The van der Waals surface area contributed by atoms with Crippen molar-refractivity contribution in [1.29, 1.82) is 0 Å². The fourth-order valence-electron chi connectivity index (χ4n) is 1.57. The predicted octanol–water partition coefficient (Wildman–Crippen LogP) is 2.08. The van der Waals surface area contributed by atoms with E-state index in [1.165, 1.54) is 5.56 Å². The molecule has 0 bridgehead atoms. The summed E-state index contributed by atoms with van der Waals surface area (Å²) < 4.78 is 5.39. The smallest absolute Gasteiger partial charge is 0.257 e. The lowest BCUT2D eigenvalue weighted by Crippen LogP contribution is -2.31. The zero-order valence-corrected chi connectivity index (χ0v) is 11.8. The molecule has 1 amide bonds. The summed E-state index contributed by atoms with van der Waals surface area (Å²) in [6.45, 7) is 6.42. The van der Waals surface area contributed by atoms with Crippen molar-refractivity contribution in [3.8, 4) is 5.75 Å². The lowest BCUT2D eigenvalue weighted by atomic mass is 10.0. The van der Waals surface area contributed by atoms with Crippen LogP contribution in [0.15, 0.2) is 24.3 Å². The Labute approximate surface area is 114 Å². The molecule has 1 unspecified atom stereocenters. The van der Waals surface area contributed by atoms with Gasteiger partial charge in [-0.2, -0.15) is 0 Å². The Hall–Kier alpha value is -1.55. The highest BCUT2D eigenvalue weighted by Crippen LogP contribution is 2.18. The number of aliphatic hydroxyl groups is 1. The van der Waals surface area contributed by atoms with E-state index in [1.807, 2.05) is 24.3 Å². The highest BCUT2D eigenvalue weighted by atomic mass is 16.5. The molecule has 1 aromatic carbocycles. The second kappa shape index (κ2) is 7.79. The molecule has 0 radical (unpaired) electrons. The van der Waals surface area contributed by atoms with E-state index < -0.39 is 6.10 Å². The molecule has 1 aromatic rings. The number of ether oxygens (including phenoxy) is 1. The molecule has 0 heterocycles. The van der Waals surface area contributed by atoms with Crippen LogP contribution in [0.5, 0.6) is 5.75 Å². The number of carbonyl (C=O) groups is 1. The maximum atomic E-state index is 11.5. The van der Waals surface area contributed by atoms with Gasteiger partial charge in [0.2, 0.25) is 0 Å². The van der Waals surface area contributed by atoms with Gasteiger partial charge in [0, 0.05) is 6.54 Å². The predicted molar refractivity (Wildman–Crippen MR) is 75.3 cm³/mol. The maximum absolute atomic E-state index is 11.5. The lowest BCUT2D eigenvalue weighted by molar-refractivity contribution is -0.123. The van der Waals surface area contributed by atoms with Crippen molar-refractivity contribution in [2.75, 3.05) is 13.2 Å². The minimum absolute atomic E-state index is 0.000828. The molecule has 0 aromatic heterocycles. The second-order valence-corrected chi connectivity index (χ2v) is 5.00. The van der Waals surface area contributed by atoms with E-state index in [0.717, 1.165) is 0 Å². The third-order valence-corrected chi connectivity index (χ3v) is 2.80. The molecule has 4 nitrogen and oxygen atoms in total. The summed E-state index contributed by atoms with van der Waals surface area (Å²) in [5.74, 6) is 1.00. The van der Waals surface area contributed by atoms with Gasteiger partial charge in [-0.1, -0.05) is 26.0 Å². The first-order chi connectivity index (χ1) is 8.99. The zero-order chi connectivity index (χ0) is 14.3. The van der Waals surface area contributed by atoms with Crippen LogP contribution in [0.25, 0.3) is 0 Å². The Morgan fingerprint density at radius 3 is 2.42 bits per heavy atom. The number of rotatable bonds is 7. The molecule has 0 spiro atoms. The van der Waals surface area contributed by atoms with Crippen LogP contribution in [0.2, 0.25) is 0 Å². The second-order valence-electron chi connectivity index (χ2n) is 5.00. The van der Waals surface area contributed by atoms with Crippen LogP contribution in [0.1, 0.15) is 38.7 Å². The third kappa shape index (κ3) is 6.25. The van der Waals surface area contributed by atoms with E-state index >= 15 is 0 Å². The third-order valence-electron chi connectivity index (χ3n) is 2.80. The molecule has 0 aliphatic carbocycles. The van der Waals surface area contributed by atoms with Gasteiger partial charge in [0.25, 0.3) is 5.91 Å². The molecular formula is C15H23NO3. The molecule has 0 aliphatic heterocycles. The van der Waals surface area contributed by atoms with E-state index in [9.17, 15) is 4.79 Å². The van der Waals surface area contributed by atoms with Gasteiger partial charge < -0.3 is 15.2 Å². The summed E-state index contributed by atoms with van der Waals surface area (Å²) in [6.07, 6.45) is 0.152. The van der Waals surface area contributed by atoms with Crippen molar-refractivity contribution < 1.29 is 14.6 Å². The largest absolute Gasteiger partial charge is 0.484 e. The Kier molecular flexibility index (Phi) is 6.36. The molecule has 106 valence electrons. The molecule has 2 N–H and O–H groups in total. The number of nitrogens with one attached hydrogen (secondary N) is 1. The monoisotopic (exact) mass is 265 g/mol. The first kappa shape index (κ1) is 15.5. The Morgan fingerprint density at radius 2 is 1.89 bits per heavy atom. The summed E-state index contributed by atoms with van der Waals surface area (Å²) in [5.41, 5.74) is 1.24. The van der Waals surface area contributed by atoms with Gasteiger partial charge in [-0.05, 0) is 37.0 Å². The van der Waals surface area contributed by atoms with Crippen molar-refractivity contribution in [2.24, 2.45) is 0 Å². The van der Waals surface area contributed by atoms with Crippen LogP contribution in [0.3, 0.4) is 0 Å². The van der Waals surface area contributed by atoms with Crippen LogP contribution in [0, 0.1) is 0 Å². The zero-order valence-electron chi connectivity index (χ0n) is 11.8. The van der Waals surface area contributed by atoms with Crippen molar-refractivity contribution >= 4 is 5.91 Å². The molecule has 1 atom stereocenters. The summed E-state index contributed by atoms with van der Waals surface area (Å²) >= 11 is 0. The van der Waals surface area contributed by atoms with Gasteiger partial charge in [0.1, 0.15) is 5.75 Å². The SMILES string of the molecule is CC(O)CCNC(=O)COc1ccc(C(C)C)cc1. The Morgan fingerprint density at radius 1 is 1.26 bits per heavy atom. The molecule has 19 heavy (non-hydrogen) atoms. The van der Waals surface area contributed by atoms with Crippen LogP contribution in [-0.4, -0.2) is 30.3 Å². The van der Waals surface area contributed by atoms with Gasteiger partial charge in [-0.15, -0.1) is 0 Å². The van der Waals surface area contributed by atoms with Crippen molar-refractivity contribution in [2.45, 2.75) is 39.2 Å². The van der Waals surface area contributed by atoms with Gasteiger partial charge in [0.05, 0.1) is 6.10 Å². The van der Waals surface area contributed by atoms with E-state index in [2.05, 4.69) is 19.2 Å². The lowest BCUT2D eigenvalue weighted by Gasteiger charge is -2.10. The fourth-order valence-corrected chi connectivity index (χ4v) is 1.57.